The molecular formula is C17H17NO2. The Labute approximate surface area is 118 Å². The third kappa shape index (κ3) is 2.39. The highest BCUT2D eigenvalue weighted by atomic mass is 16.3. The Balaban J connectivity index is 1.83. The first-order valence-corrected chi connectivity index (χ1v) is 6.92. The van der Waals surface area contributed by atoms with Gasteiger partial charge in [-0.25, -0.2) is 0 Å². The van der Waals surface area contributed by atoms with Gasteiger partial charge in [-0.1, -0.05) is 36.4 Å². The second kappa shape index (κ2) is 5.37. The molecule has 0 aromatic heterocycles. The first-order valence-electron chi connectivity index (χ1n) is 6.92. The molecule has 2 aromatic carbocycles. The second-order valence-corrected chi connectivity index (χ2v) is 5.13. The monoisotopic (exact) mass is 267 g/mol. The molecule has 1 aliphatic carbocycles. The number of carbonyl (C=O) groups excluding carboxylic acids is 1. The number of fused-ring (bicyclic) bond motifs is 1. The van der Waals surface area contributed by atoms with Crippen LogP contribution in [0.2, 0.25) is 0 Å². The van der Waals surface area contributed by atoms with Gasteiger partial charge in [-0.2, -0.15) is 0 Å². The maximum atomic E-state index is 12.3. The Kier molecular flexibility index (Phi) is 3.42. The van der Waals surface area contributed by atoms with Crippen molar-refractivity contribution in [3.8, 4) is 5.75 Å². The van der Waals surface area contributed by atoms with Gasteiger partial charge < -0.3 is 10.4 Å². The van der Waals surface area contributed by atoms with Crippen molar-refractivity contribution in [3.05, 3.63) is 65.2 Å². The van der Waals surface area contributed by atoms with Gasteiger partial charge in [-0.05, 0) is 42.5 Å². The van der Waals surface area contributed by atoms with E-state index < -0.39 is 0 Å². The summed E-state index contributed by atoms with van der Waals surface area (Å²) in [5, 5.41) is 12.8. The fourth-order valence-corrected chi connectivity index (χ4v) is 2.81. The number of aromatic hydroxyl groups is 1. The predicted octanol–water partition coefficient (Wildman–Crippen LogP) is 3.20. The van der Waals surface area contributed by atoms with E-state index in [1.807, 2.05) is 12.1 Å². The maximum absolute atomic E-state index is 12.3. The van der Waals surface area contributed by atoms with E-state index >= 15 is 0 Å². The maximum Gasteiger partial charge on any atom is 0.255 e. The number of aryl methyl sites for hydroxylation is 1. The molecule has 0 aliphatic heterocycles. The largest absolute Gasteiger partial charge is 0.507 e. The minimum atomic E-state index is -0.218. The van der Waals surface area contributed by atoms with Crippen molar-refractivity contribution < 1.29 is 9.90 Å². The molecule has 3 nitrogen and oxygen atoms in total. The molecule has 0 saturated heterocycles. The molecule has 0 saturated carbocycles. The SMILES string of the molecule is O=C(N[C@H]1CCCc2ccccc21)c1ccccc1O. The van der Waals surface area contributed by atoms with Crippen LogP contribution in [-0.4, -0.2) is 11.0 Å². The van der Waals surface area contributed by atoms with E-state index in [2.05, 4.69) is 17.4 Å². The Hall–Kier alpha value is -2.29. The standard InChI is InChI=1S/C17H17NO2/c19-16-11-4-3-9-14(16)17(20)18-15-10-5-7-12-6-1-2-8-13(12)15/h1-4,6,8-9,11,15,19H,5,7,10H2,(H,18,20)/t15-/m0/s1. The first kappa shape index (κ1) is 12.7. The summed E-state index contributed by atoms with van der Waals surface area (Å²) in [6, 6.07) is 14.9. The molecule has 3 rings (SSSR count). The zero-order valence-electron chi connectivity index (χ0n) is 11.2. The average molecular weight is 267 g/mol. The van der Waals surface area contributed by atoms with Crippen molar-refractivity contribution in [3.63, 3.8) is 0 Å². The molecular weight excluding hydrogens is 250 g/mol. The first-order chi connectivity index (χ1) is 9.75. The molecule has 0 spiro atoms. The summed E-state index contributed by atoms with van der Waals surface area (Å²) in [4.78, 5) is 12.3. The molecule has 0 fully saturated rings. The summed E-state index contributed by atoms with van der Waals surface area (Å²) >= 11 is 0. The predicted molar refractivity (Wildman–Crippen MR) is 77.7 cm³/mol. The number of para-hydroxylation sites is 1. The molecule has 2 N–H and O–H groups in total. The normalized spacial score (nSPS) is 17.3. The Morgan fingerprint density at radius 3 is 2.70 bits per heavy atom. The van der Waals surface area contributed by atoms with E-state index in [1.54, 1.807) is 18.2 Å². The number of amides is 1. The molecule has 0 radical (unpaired) electrons. The van der Waals surface area contributed by atoms with Crippen LogP contribution in [0.3, 0.4) is 0 Å². The van der Waals surface area contributed by atoms with Gasteiger partial charge in [-0.3, -0.25) is 4.79 Å². The zero-order valence-corrected chi connectivity index (χ0v) is 11.2. The fourth-order valence-electron chi connectivity index (χ4n) is 2.81. The molecule has 1 amide bonds. The number of hydrogen-bond donors (Lipinski definition) is 2. The number of hydrogen-bond acceptors (Lipinski definition) is 2. The molecule has 0 heterocycles. The quantitative estimate of drug-likeness (QED) is 0.877. The minimum absolute atomic E-state index is 0.0223. The molecule has 1 atom stereocenters. The minimum Gasteiger partial charge on any atom is -0.507 e. The molecule has 0 bridgehead atoms. The lowest BCUT2D eigenvalue weighted by Crippen LogP contribution is -2.31. The number of rotatable bonds is 2. The highest BCUT2D eigenvalue weighted by Crippen LogP contribution is 2.30. The van der Waals surface area contributed by atoms with E-state index in [-0.39, 0.29) is 17.7 Å². The van der Waals surface area contributed by atoms with Crippen molar-refractivity contribution in [2.75, 3.05) is 0 Å². The third-order valence-corrected chi connectivity index (χ3v) is 3.82. The van der Waals surface area contributed by atoms with Gasteiger partial charge in [0.2, 0.25) is 0 Å². The fraction of sp³-hybridized carbons (Fsp3) is 0.235. The topological polar surface area (TPSA) is 49.3 Å². The lowest BCUT2D eigenvalue weighted by atomic mass is 9.87. The number of nitrogens with one attached hydrogen (secondary N) is 1. The van der Waals surface area contributed by atoms with Gasteiger partial charge in [-0.15, -0.1) is 0 Å². The summed E-state index contributed by atoms with van der Waals surface area (Å²) in [5.41, 5.74) is 2.83. The van der Waals surface area contributed by atoms with Crippen molar-refractivity contribution in [1.29, 1.82) is 0 Å². The van der Waals surface area contributed by atoms with Crippen LogP contribution < -0.4 is 5.32 Å². The summed E-state index contributed by atoms with van der Waals surface area (Å²) in [7, 11) is 0. The average Bonchev–Trinajstić information content (AvgIpc) is 2.48. The number of phenolic OH excluding ortho intramolecular Hbond substituents is 1. The molecule has 20 heavy (non-hydrogen) atoms. The smallest absolute Gasteiger partial charge is 0.255 e. The van der Waals surface area contributed by atoms with E-state index in [0.29, 0.717) is 5.56 Å². The van der Waals surface area contributed by atoms with Crippen LogP contribution in [0.25, 0.3) is 0 Å². The van der Waals surface area contributed by atoms with Crippen LogP contribution in [0.4, 0.5) is 0 Å². The van der Waals surface area contributed by atoms with E-state index in [4.69, 9.17) is 0 Å². The highest BCUT2D eigenvalue weighted by molar-refractivity contribution is 5.97. The zero-order chi connectivity index (χ0) is 13.9. The van der Waals surface area contributed by atoms with Crippen LogP contribution >= 0.6 is 0 Å². The van der Waals surface area contributed by atoms with Crippen molar-refractivity contribution >= 4 is 5.91 Å². The number of benzene rings is 2. The van der Waals surface area contributed by atoms with Crippen LogP contribution in [0, 0.1) is 0 Å². The summed E-state index contributed by atoms with van der Waals surface area (Å²) in [5.74, 6) is -0.195. The van der Waals surface area contributed by atoms with Gasteiger partial charge >= 0.3 is 0 Å². The van der Waals surface area contributed by atoms with Gasteiger partial charge in [0.15, 0.2) is 0 Å². The molecule has 0 unspecified atom stereocenters. The lowest BCUT2D eigenvalue weighted by molar-refractivity contribution is 0.0930. The van der Waals surface area contributed by atoms with Crippen LogP contribution in [0.1, 0.15) is 40.4 Å². The lowest BCUT2D eigenvalue weighted by Gasteiger charge is -2.26. The molecule has 2 aromatic rings. The van der Waals surface area contributed by atoms with E-state index in [9.17, 15) is 9.90 Å². The van der Waals surface area contributed by atoms with Gasteiger partial charge in [0.25, 0.3) is 5.91 Å². The molecule has 3 heteroatoms. The summed E-state index contributed by atoms with van der Waals surface area (Å²) in [6.45, 7) is 0. The van der Waals surface area contributed by atoms with Gasteiger partial charge in [0.1, 0.15) is 5.75 Å². The molecule has 102 valence electrons. The van der Waals surface area contributed by atoms with Crippen molar-refractivity contribution in [1.82, 2.24) is 5.32 Å². The molecule has 1 aliphatic rings. The van der Waals surface area contributed by atoms with Crippen LogP contribution in [-0.2, 0) is 6.42 Å². The van der Waals surface area contributed by atoms with Gasteiger partial charge in [0, 0.05) is 0 Å². The van der Waals surface area contributed by atoms with Crippen molar-refractivity contribution in [2.24, 2.45) is 0 Å². The number of phenols is 1. The summed E-state index contributed by atoms with van der Waals surface area (Å²) < 4.78 is 0. The highest BCUT2D eigenvalue weighted by Gasteiger charge is 2.22. The Morgan fingerprint density at radius 1 is 1.10 bits per heavy atom. The third-order valence-electron chi connectivity index (χ3n) is 3.82. The Morgan fingerprint density at radius 2 is 1.85 bits per heavy atom. The second-order valence-electron chi connectivity index (χ2n) is 5.13. The van der Waals surface area contributed by atoms with E-state index in [1.165, 1.54) is 17.2 Å². The Bertz CT molecular complexity index is 636. The van der Waals surface area contributed by atoms with Crippen molar-refractivity contribution in [2.45, 2.75) is 25.3 Å². The van der Waals surface area contributed by atoms with E-state index in [0.717, 1.165) is 19.3 Å². The van der Waals surface area contributed by atoms with Crippen LogP contribution in [0.15, 0.2) is 48.5 Å². The van der Waals surface area contributed by atoms with Crippen LogP contribution in [0.5, 0.6) is 5.75 Å². The summed E-state index contributed by atoms with van der Waals surface area (Å²) in [6.07, 6.45) is 3.08. The van der Waals surface area contributed by atoms with Gasteiger partial charge in [0.05, 0.1) is 11.6 Å². The number of carbonyl (C=O) groups is 1.